The van der Waals surface area contributed by atoms with Crippen LogP contribution in [-0.4, -0.2) is 27.3 Å². The first kappa shape index (κ1) is 13.6. The highest BCUT2D eigenvalue weighted by molar-refractivity contribution is 6.33. The number of carboxylic acid groups (broad SMARTS) is 1. The Labute approximate surface area is 104 Å². The first-order valence-corrected chi connectivity index (χ1v) is 5.36. The fourth-order valence-electron chi connectivity index (χ4n) is 1.29. The molecule has 0 radical (unpaired) electrons. The van der Waals surface area contributed by atoms with Crippen LogP contribution in [0.25, 0.3) is 0 Å². The molecule has 1 aromatic heterocycles. The molecular formula is C11H14ClNO4. The molecule has 1 rings (SSSR count). The van der Waals surface area contributed by atoms with Gasteiger partial charge in [-0.2, -0.15) is 0 Å². The minimum Gasteiger partial charge on any atom is -0.478 e. The standard InChI is InChI=1S/C11H14ClNO4/c1-6-5-7(9(14)15)8(12)13(6)10(16)17-11(2,3)4/h5H,1-4H3,(H,14,15). The second kappa shape index (κ2) is 4.41. The number of aryl methyl sites for hydroxylation is 1. The van der Waals surface area contributed by atoms with Gasteiger partial charge in [0.05, 0.1) is 5.56 Å². The summed E-state index contributed by atoms with van der Waals surface area (Å²) >= 11 is 5.83. The minimum absolute atomic E-state index is 0.116. The molecule has 0 fully saturated rings. The van der Waals surface area contributed by atoms with Crippen LogP contribution in [0.5, 0.6) is 0 Å². The maximum absolute atomic E-state index is 11.8. The second-order valence-electron chi connectivity index (χ2n) is 4.61. The van der Waals surface area contributed by atoms with Gasteiger partial charge in [0, 0.05) is 5.69 Å². The summed E-state index contributed by atoms with van der Waals surface area (Å²) in [6.07, 6.45) is -0.688. The van der Waals surface area contributed by atoms with Gasteiger partial charge in [0.25, 0.3) is 0 Å². The number of nitrogens with zero attached hydrogens (tertiary/aromatic N) is 1. The smallest absolute Gasteiger partial charge is 0.419 e. The fourth-order valence-corrected chi connectivity index (χ4v) is 1.63. The largest absolute Gasteiger partial charge is 0.478 e. The Hall–Kier alpha value is -1.49. The average Bonchev–Trinajstić information content (AvgIpc) is 2.38. The monoisotopic (exact) mass is 259 g/mol. The van der Waals surface area contributed by atoms with E-state index >= 15 is 0 Å². The summed E-state index contributed by atoms with van der Waals surface area (Å²) in [7, 11) is 0. The molecule has 6 heteroatoms. The average molecular weight is 260 g/mol. The van der Waals surface area contributed by atoms with Crippen molar-refractivity contribution < 1.29 is 19.4 Å². The molecule has 1 N–H and O–H groups in total. The summed E-state index contributed by atoms with van der Waals surface area (Å²) in [5.74, 6) is -1.18. The molecule has 1 heterocycles. The number of carbonyl (C=O) groups excluding carboxylic acids is 1. The van der Waals surface area contributed by atoms with E-state index in [-0.39, 0.29) is 10.7 Å². The van der Waals surface area contributed by atoms with Crippen LogP contribution in [0.1, 0.15) is 36.8 Å². The summed E-state index contributed by atoms with van der Waals surface area (Å²) in [4.78, 5) is 22.6. The van der Waals surface area contributed by atoms with Crippen molar-refractivity contribution >= 4 is 23.7 Å². The van der Waals surface area contributed by atoms with E-state index < -0.39 is 17.7 Å². The van der Waals surface area contributed by atoms with E-state index in [1.165, 1.54) is 6.07 Å². The van der Waals surface area contributed by atoms with Crippen molar-refractivity contribution in [3.63, 3.8) is 0 Å². The summed E-state index contributed by atoms with van der Waals surface area (Å²) in [5, 5.41) is 8.72. The molecule has 0 unspecified atom stereocenters. The number of ether oxygens (including phenoxy) is 1. The summed E-state index contributed by atoms with van der Waals surface area (Å²) in [6.45, 7) is 6.74. The Morgan fingerprint density at radius 3 is 2.29 bits per heavy atom. The summed E-state index contributed by atoms with van der Waals surface area (Å²) in [5.41, 5.74) is -0.364. The van der Waals surface area contributed by atoms with E-state index in [9.17, 15) is 9.59 Å². The lowest BCUT2D eigenvalue weighted by molar-refractivity contribution is 0.0535. The van der Waals surface area contributed by atoms with Crippen molar-refractivity contribution in [2.24, 2.45) is 0 Å². The van der Waals surface area contributed by atoms with Crippen LogP contribution in [0.4, 0.5) is 4.79 Å². The van der Waals surface area contributed by atoms with E-state index in [0.717, 1.165) is 4.57 Å². The SMILES string of the molecule is Cc1cc(C(=O)O)c(Cl)n1C(=O)OC(C)(C)C. The molecule has 0 bridgehead atoms. The quantitative estimate of drug-likeness (QED) is 0.842. The molecule has 1 aromatic rings. The van der Waals surface area contributed by atoms with Gasteiger partial charge in [-0.25, -0.2) is 14.2 Å². The number of aromatic nitrogens is 1. The predicted molar refractivity (Wildman–Crippen MR) is 62.8 cm³/mol. The molecule has 17 heavy (non-hydrogen) atoms. The highest BCUT2D eigenvalue weighted by Gasteiger charge is 2.24. The normalized spacial score (nSPS) is 11.4. The number of halogens is 1. The predicted octanol–water partition coefficient (Wildman–Crippen LogP) is 2.93. The molecular weight excluding hydrogens is 246 g/mol. The van der Waals surface area contributed by atoms with Crippen molar-refractivity contribution in [3.05, 3.63) is 22.5 Å². The van der Waals surface area contributed by atoms with Gasteiger partial charge in [0.15, 0.2) is 0 Å². The minimum atomic E-state index is -1.18. The van der Waals surface area contributed by atoms with Gasteiger partial charge in [0.1, 0.15) is 10.8 Å². The molecule has 0 aliphatic carbocycles. The van der Waals surface area contributed by atoms with Crippen LogP contribution in [0, 0.1) is 6.92 Å². The van der Waals surface area contributed by atoms with Gasteiger partial charge in [-0.15, -0.1) is 0 Å². The first-order chi connectivity index (χ1) is 7.63. The van der Waals surface area contributed by atoms with Gasteiger partial charge in [-0.1, -0.05) is 11.6 Å². The third-order valence-corrected chi connectivity index (χ3v) is 2.30. The van der Waals surface area contributed by atoms with Crippen molar-refractivity contribution in [2.75, 3.05) is 0 Å². The van der Waals surface area contributed by atoms with Gasteiger partial charge in [0.2, 0.25) is 0 Å². The molecule has 0 amide bonds. The third-order valence-electron chi connectivity index (χ3n) is 1.93. The van der Waals surface area contributed by atoms with Crippen molar-refractivity contribution in [1.29, 1.82) is 0 Å². The highest BCUT2D eigenvalue weighted by atomic mass is 35.5. The first-order valence-electron chi connectivity index (χ1n) is 4.98. The molecule has 94 valence electrons. The maximum atomic E-state index is 11.8. The molecule has 0 aliphatic rings. The molecule has 0 aliphatic heterocycles. The van der Waals surface area contributed by atoms with E-state index in [4.69, 9.17) is 21.4 Å². The van der Waals surface area contributed by atoms with E-state index in [0.29, 0.717) is 5.69 Å². The molecule has 0 atom stereocenters. The number of hydrogen-bond acceptors (Lipinski definition) is 3. The Balaban J connectivity index is 3.15. The Morgan fingerprint density at radius 2 is 1.94 bits per heavy atom. The van der Waals surface area contributed by atoms with Gasteiger partial charge in [-0.05, 0) is 33.8 Å². The lowest BCUT2D eigenvalue weighted by atomic mass is 10.2. The van der Waals surface area contributed by atoms with Crippen molar-refractivity contribution in [1.82, 2.24) is 4.57 Å². The van der Waals surface area contributed by atoms with Crippen LogP contribution < -0.4 is 0 Å². The van der Waals surface area contributed by atoms with Gasteiger partial charge >= 0.3 is 12.1 Å². The van der Waals surface area contributed by atoms with Crippen molar-refractivity contribution in [2.45, 2.75) is 33.3 Å². The third kappa shape index (κ3) is 3.00. The fraction of sp³-hybridized carbons (Fsp3) is 0.455. The summed E-state index contributed by atoms with van der Waals surface area (Å²) < 4.78 is 6.16. The van der Waals surface area contributed by atoms with E-state index in [1.54, 1.807) is 27.7 Å². The molecule has 0 spiro atoms. The van der Waals surface area contributed by atoms with E-state index in [2.05, 4.69) is 0 Å². The maximum Gasteiger partial charge on any atom is 0.419 e. The zero-order valence-corrected chi connectivity index (χ0v) is 10.8. The lowest BCUT2D eigenvalue weighted by Crippen LogP contribution is -2.27. The highest BCUT2D eigenvalue weighted by Crippen LogP contribution is 2.23. The van der Waals surface area contributed by atoms with Crippen molar-refractivity contribution in [3.8, 4) is 0 Å². The Kier molecular flexibility index (Phi) is 3.52. The van der Waals surface area contributed by atoms with Crippen LogP contribution >= 0.6 is 11.6 Å². The van der Waals surface area contributed by atoms with Gasteiger partial charge < -0.3 is 9.84 Å². The number of aromatic carboxylic acids is 1. The topological polar surface area (TPSA) is 68.5 Å². The zero-order chi connectivity index (χ0) is 13.4. The van der Waals surface area contributed by atoms with Gasteiger partial charge in [-0.3, -0.25) is 0 Å². The molecule has 0 saturated heterocycles. The Bertz CT molecular complexity index is 471. The number of rotatable bonds is 1. The lowest BCUT2D eigenvalue weighted by Gasteiger charge is -2.20. The number of hydrogen-bond donors (Lipinski definition) is 1. The van der Waals surface area contributed by atoms with Crippen LogP contribution in [0.3, 0.4) is 0 Å². The van der Waals surface area contributed by atoms with Crippen LogP contribution in [0.15, 0.2) is 6.07 Å². The zero-order valence-electron chi connectivity index (χ0n) is 10.1. The van der Waals surface area contributed by atoms with E-state index in [1.807, 2.05) is 0 Å². The summed E-state index contributed by atoms with van der Waals surface area (Å²) in [6, 6.07) is 1.33. The molecule has 0 aromatic carbocycles. The van der Waals surface area contributed by atoms with Crippen LogP contribution in [-0.2, 0) is 4.74 Å². The molecule has 0 saturated carbocycles. The number of carbonyl (C=O) groups is 2. The second-order valence-corrected chi connectivity index (χ2v) is 4.97. The Morgan fingerprint density at radius 1 is 1.41 bits per heavy atom. The number of carboxylic acids is 1. The van der Waals surface area contributed by atoms with Crippen LogP contribution in [0.2, 0.25) is 5.15 Å². The molecule has 5 nitrogen and oxygen atoms in total.